The molecule has 8 heteroatoms. The van der Waals surface area contributed by atoms with Crippen molar-refractivity contribution < 1.29 is 0 Å². The number of aromatic nitrogens is 5. The minimum Gasteiger partial charge on any atom is -0.309 e. The normalized spacial score (nSPS) is 11.2. The summed E-state index contributed by atoms with van der Waals surface area (Å²) in [6, 6.07) is 117. The van der Waals surface area contributed by atoms with Gasteiger partial charge in [0.05, 0.1) is 51.9 Å². The third-order valence-electron chi connectivity index (χ3n) is 18.7. The molecule has 454 valence electrons. The molecule has 0 saturated heterocycles. The Labute approximate surface area is 566 Å². The number of hydrogen-bond donors (Lipinski definition) is 0. The molecule has 98 heavy (non-hydrogen) atoms. The van der Waals surface area contributed by atoms with Gasteiger partial charge < -0.3 is 9.13 Å². The second-order valence-corrected chi connectivity index (χ2v) is 24.4. The third kappa shape index (κ3) is 10.3. The maximum Gasteiger partial charge on any atom is 0.194 e. The molecule has 0 spiro atoms. The highest BCUT2D eigenvalue weighted by Crippen LogP contribution is 2.46. The molecule has 0 N–H and O–H groups in total. The molecule has 0 atom stereocenters. The summed E-state index contributed by atoms with van der Waals surface area (Å²) in [4.78, 5) is 21.1. The fourth-order valence-electron chi connectivity index (χ4n) is 14.1. The highest BCUT2D eigenvalue weighted by atomic mass is 15.0. The van der Waals surface area contributed by atoms with E-state index in [0.717, 1.165) is 122 Å². The fourth-order valence-corrected chi connectivity index (χ4v) is 14.1. The Bertz CT molecular complexity index is 5630. The van der Waals surface area contributed by atoms with Crippen LogP contribution in [-0.4, -0.2) is 24.1 Å². The first kappa shape index (κ1) is 58.0. The number of nitriles is 2. The summed E-state index contributed by atoms with van der Waals surface area (Å²) in [5, 5.41) is 25.6. The van der Waals surface area contributed by atoms with Crippen LogP contribution in [0.1, 0.15) is 11.1 Å². The molecule has 0 aliphatic carbocycles. The summed E-state index contributed by atoms with van der Waals surface area (Å²) in [7, 11) is 0. The quantitative estimate of drug-likeness (QED) is 0.113. The molecule has 0 radical (unpaired) electrons. The molecule has 17 rings (SSSR count). The molecule has 0 fully saturated rings. The largest absolute Gasteiger partial charge is 0.309 e. The number of hydrogen-bond acceptors (Lipinski definition) is 5. The van der Waals surface area contributed by atoms with E-state index in [1.54, 1.807) is 6.07 Å². The minimum atomic E-state index is 0.349. The van der Waals surface area contributed by atoms with Crippen LogP contribution in [0.2, 0.25) is 0 Å². The molecule has 0 unspecified atom stereocenters. The lowest BCUT2D eigenvalue weighted by Gasteiger charge is -2.18. The molecule has 0 saturated carbocycles. The Morgan fingerprint density at radius 3 is 1.06 bits per heavy atom. The van der Waals surface area contributed by atoms with Gasteiger partial charge in [-0.1, -0.05) is 237 Å². The zero-order chi connectivity index (χ0) is 65.6. The van der Waals surface area contributed by atoms with Crippen LogP contribution in [0.5, 0.6) is 0 Å². The standard InChI is InChI=1S/C90H54N8/c1-93-83-36-19-18-34-75(83)74-44-42-70(98-86-47-39-65(61-26-10-4-11-27-61)52-79(86)80-53-66(40-48-87(80)98)62-28-12-5-13-29-62)55-82(74)90-95-88(76-35-17-16-32-71(76)67-31-20-21-58(49-67)56-91)94-89(96-90)81-54-69(41-43-73(81)72-33-15-14-30-68(72)57-92)97-84-45-37-63(59-22-6-2-7-23-59)50-77(84)78-51-64(38-46-85(78)97)60-24-8-3-9-25-60/h2-55H. The fraction of sp³-hybridized carbons (Fsp3) is 0. The molecular formula is C90H54N8. The summed E-state index contributed by atoms with van der Waals surface area (Å²) in [6.45, 7) is 8.58. The van der Waals surface area contributed by atoms with Gasteiger partial charge in [-0.2, -0.15) is 10.5 Å². The van der Waals surface area contributed by atoms with Crippen molar-refractivity contribution in [2.75, 3.05) is 0 Å². The van der Waals surface area contributed by atoms with Gasteiger partial charge in [-0.05, 0) is 163 Å². The van der Waals surface area contributed by atoms with Gasteiger partial charge in [0.25, 0.3) is 0 Å². The zero-order valence-electron chi connectivity index (χ0n) is 52.8. The first-order valence-corrected chi connectivity index (χ1v) is 32.5. The molecular weight excluding hydrogens is 1190 g/mol. The Morgan fingerprint density at radius 1 is 0.265 bits per heavy atom. The maximum absolute atomic E-state index is 11.0. The number of rotatable bonds is 12. The van der Waals surface area contributed by atoms with Crippen molar-refractivity contribution in [2.45, 2.75) is 0 Å². The molecule has 0 bridgehead atoms. The second kappa shape index (κ2) is 24.6. The van der Waals surface area contributed by atoms with Crippen molar-refractivity contribution in [3.05, 3.63) is 350 Å². The monoisotopic (exact) mass is 1250 g/mol. The van der Waals surface area contributed by atoms with Crippen molar-refractivity contribution in [1.29, 1.82) is 10.5 Å². The Balaban J connectivity index is 0.955. The smallest absolute Gasteiger partial charge is 0.194 e. The predicted octanol–water partition coefficient (Wildman–Crippen LogP) is 23.0. The highest BCUT2D eigenvalue weighted by Gasteiger charge is 2.25. The lowest BCUT2D eigenvalue weighted by Crippen LogP contribution is -2.05. The average molecular weight is 1250 g/mol. The highest BCUT2D eigenvalue weighted by molar-refractivity contribution is 6.13. The summed E-state index contributed by atoms with van der Waals surface area (Å²) in [5.41, 5.74) is 22.6. The van der Waals surface area contributed by atoms with Gasteiger partial charge in [0.2, 0.25) is 0 Å². The van der Waals surface area contributed by atoms with Crippen LogP contribution in [0, 0.1) is 29.2 Å². The maximum atomic E-state index is 11.0. The van der Waals surface area contributed by atoms with E-state index in [9.17, 15) is 10.5 Å². The van der Waals surface area contributed by atoms with Crippen LogP contribution >= 0.6 is 0 Å². The van der Waals surface area contributed by atoms with Crippen molar-refractivity contribution in [3.63, 3.8) is 0 Å². The minimum absolute atomic E-state index is 0.349. The first-order chi connectivity index (χ1) is 48.4. The van der Waals surface area contributed by atoms with E-state index in [4.69, 9.17) is 21.5 Å². The van der Waals surface area contributed by atoms with E-state index in [2.05, 4.69) is 232 Å². The predicted molar refractivity (Wildman–Crippen MR) is 399 cm³/mol. The van der Waals surface area contributed by atoms with Crippen LogP contribution in [0.3, 0.4) is 0 Å². The van der Waals surface area contributed by atoms with Gasteiger partial charge in [0, 0.05) is 55.2 Å². The third-order valence-corrected chi connectivity index (χ3v) is 18.7. The number of fused-ring (bicyclic) bond motifs is 6. The molecule has 3 aromatic heterocycles. The van der Waals surface area contributed by atoms with Crippen LogP contribution < -0.4 is 0 Å². The number of nitrogens with zero attached hydrogens (tertiary/aromatic N) is 8. The Morgan fingerprint density at radius 2 is 0.633 bits per heavy atom. The van der Waals surface area contributed by atoms with Gasteiger partial charge in [-0.3, -0.25) is 0 Å². The summed E-state index contributed by atoms with van der Waals surface area (Å²) in [5.74, 6) is 1.08. The molecule has 0 amide bonds. The van der Waals surface area contributed by atoms with E-state index >= 15 is 0 Å². The summed E-state index contributed by atoms with van der Waals surface area (Å²) < 4.78 is 4.64. The molecule has 14 aromatic carbocycles. The Kier molecular flexibility index (Phi) is 14.5. The van der Waals surface area contributed by atoms with E-state index in [1.807, 2.05) is 115 Å². The van der Waals surface area contributed by atoms with Crippen LogP contribution in [-0.2, 0) is 0 Å². The molecule has 0 aliphatic rings. The second-order valence-electron chi connectivity index (χ2n) is 24.4. The van der Waals surface area contributed by atoms with Crippen molar-refractivity contribution in [1.82, 2.24) is 24.1 Å². The molecule has 3 heterocycles. The van der Waals surface area contributed by atoms with Crippen molar-refractivity contribution in [3.8, 4) is 136 Å². The van der Waals surface area contributed by atoms with Gasteiger partial charge in [-0.15, -0.1) is 0 Å². The average Bonchev–Trinajstić information content (AvgIpc) is 1.27. The van der Waals surface area contributed by atoms with Gasteiger partial charge in [-0.25, -0.2) is 19.8 Å². The number of benzene rings is 14. The van der Waals surface area contributed by atoms with Crippen molar-refractivity contribution >= 4 is 49.3 Å². The number of para-hydroxylation sites is 1. The molecule has 17 aromatic rings. The van der Waals surface area contributed by atoms with E-state index in [0.29, 0.717) is 62.1 Å². The van der Waals surface area contributed by atoms with E-state index in [-0.39, 0.29) is 0 Å². The van der Waals surface area contributed by atoms with Crippen molar-refractivity contribution in [2.24, 2.45) is 0 Å². The van der Waals surface area contributed by atoms with Crippen LogP contribution in [0.15, 0.2) is 328 Å². The summed E-state index contributed by atoms with van der Waals surface area (Å²) in [6.07, 6.45) is 0. The summed E-state index contributed by atoms with van der Waals surface area (Å²) >= 11 is 0. The topological polar surface area (TPSA) is 100 Å². The lowest BCUT2D eigenvalue weighted by molar-refractivity contribution is 1.07. The van der Waals surface area contributed by atoms with Gasteiger partial charge >= 0.3 is 0 Å². The lowest BCUT2D eigenvalue weighted by atomic mass is 9.94. The van der Waals surface area contributed by atoms with Gasteiger partial charge in [0.1, 0.15) is 0 Å². The van der Waals surface area contributed by atoms with E-state index in [1.165, 1.54) is 0 Å². The van der Waals surface area contributed by atoms with Crippen LogP contribution in [0.4, 0.5) is 5.69 Å². The van der Waals surface area contributed by atoms with Gasteiger partial charge in [0.15, 0.2) is 23.2 Å². The van der Waals surface area contributed by atoms with E-state index < -0.39 is 0 Å². The van der Waals surface area contributed by atoms with Crippen LogP contribution in [0.25, 0.3) is 172 Å². The first-order valence-electron chi connectivity index (χ1n) is 32.5. The SMILES string of the molecule is [C-]#[N+]c1ccccc1-c1ccc(-n2c3ccc(-c4ccccc4)cc3c3cc(-c4ccccc4)ccc32)cc1-c1nc(-c2ccccc2-c2cccc(C#N)c2)nc(-c2cc(-n3c4ccc(-c5ccccc5)cc4c4cc(-c5ccccc5)ccc43)ccc2-c2ccccc2C#N)n1. The molecule has 8 nitrogen and oxygen atoms in total. The Hall–Kier alpha value is -13.8. The zero-order valence-corrected chi connectivity index (χ0v) is 52.8. The molecule has 0 aliphatic heterocycles.